The standard InChI is InChI=1S/C19H17NO2S/c1-11-16(14-7-9-15(10-8-14)19(21)22)5-4-6-17(11)18-12(2)20-13(3)23-18/h4-10H,1-3H3,(H,21,22). The predicted octanol–water partition coefficient (Wildman–Crippen LogP) is 5.10. The number of carbonyl (C=O) groups is 1. The molecule has 2 aromatic carbocycles. The quantitative estimate of drug-likeness (QED) is 0.729. The van der Waals surface area contributed by atoms with Crippen molar-refractivity contribution in [2.24, 2.45) is 0 Å². The first-order chi connectivity index (χ1) is 11.0. The number of thiazole rings is 1. The molecule has 0 bridgehead atoms. The smallest absolute Gasteiger partial charge is 0.335 e. The summed E-state index contributed by atoms with van der Waals surface area (Å²) < 4.78 is 0. The molecule has 0 aliphatic rings. The van der Waals surface area contributed by atoms with E-state index in [1.54, 1.807) is 23.5 Å². The Labute approximate surface area is 139 Å². The Morgan fingerprint density at radius 1 is 1.00 bits per heavy atom. The van der Waals surface area contributed by atoms with Crippen molar-refractivity contribution < 1.29 is 9.90 Å². The zero-order valence-corrected chi connectivity index (χ0v) is 14.1. The Hall–Kier alpha value is -2.46. The van der Waals surface area contributed by atoms with E-state index in [2.05, 4.69) is 24.0 Å². The second-order valence-electron chi connectivity index (χ2n) is 5.51. The van der Waals surface area contributed by atoms with Gasteiger partial charge in [-0.05, 0) is 55.2 Å². The van der Waals surface area contributed by atoms with Crippen LogP contribution in [0.5, 0.6) is 0 Å². The van der Waals surface area contributed by atoms with Crippen LogP contribution in [-0.2, 0) is 0 Å². The zero-order valence-electron chi connectivity index (χ0n) is 13.3. The average Bonchev–Trinajstić information content (AvgIpc) is 2.86. The van der Waals surface area contributed by atoms with Gasteiger partial charge in [-0.15, -0.1) is 11.3 Å². The SMILES string of the molecule is Cc1nc(C)c(-c2cccc(-c3ccc(C(=O)O)cc3)c2C)s1. The number of aromatic nitrogens is 1. The second kappa shape index (κ2) is 5.97. The summed E-state index contributed by atoms with van der Waals surface area (Å²) in [6.45, 7) is 6.15. The summed E-state index contributed by atoms with van der Waals surface area (Å²) in [7, 11) is 0. The molecule has 0 aliphatic heterocycles. The molecule has 0 amide bonds. The summed E-state index contributed by atoms with van der Waals surface area (Å²) >= 11 is 1.70. The Balaban J connectivity index is 2.09. The van der Waals surface area contributed by atoms with Gasteiger partial charge in [-0.1, -0.05) is 30.3 Å². The van der Waals surface area contributed by atoms with Crippen molar-refractivity contribution in [3.8, 4) is 21.6 Å². The van der Waals surface area contributed by atoms with E-state index in [9.17, 15) is 4.79 Å². The first-order valence-electron chi connectivity index (χ1n) is 7.35. The van der Waals surface area contributed by atoms with E-state index in [4.69, 9.17) is 5.11 Å². The number of benzene rings is 2. The zero-order chi connectivity index (χ0) is 16.6. The number of carboxylic acid groups (broad SMARTS) is 1. The number of aromatic carboxylic acids is 1. The van der Waals surface area contributed by atoms with Gasteiger partial charge in [-0.25, -0.2) is 9.78 Å². The van der Waals surface area contributed by atoms with E-state index in [-0.39, 0.29) is 0 Å². The van der Waals surface area contributed by atoms with Crippen LogP contribution in [0.4, 0.5) is 0 Å². The highest BCUT2D eigenvalue weighted by atomic mass is 32.1. The molecule has 1 aromatic heterocycles. The summed E-state index contributed by atoms with van der Waals surface area (Å²) in [6, 6.07) is 13.2. The fourth-order valence-electron chi connectivity index (χ4n) is 2.77. The van der Waals surface area contributed by atoms with Crippen LogP contribution in [0, 0.1) is 20.8 Å². The van der Waals surface area contributed by atoms with E-state index >= 15 is 0 Å². The fraction of sp³-hybridized carbons (Fsp3) is 0.158. The first-order valence-corrected chi connectivity index (χ1v) is 8.17. The maximum absolute atomic E-state index is 11.0. The lowest BCUT2D eigenvalue weighted by Crippen LogP contribution is -1.95. The minimum atomic E-state index is -0.905. The highest BCUT2D eigenvalue weighted by molar-refractivity contribution is 7.15. The molecule has 3 aromatic rings. The summed E-state index contributed by atoms with van der Waals surface area (Å²) in [5, 5.41) is 10.1. The van der Waals surface area contributed by atoms with Gasteiger partial charge in [0.15, 0.2) is 0 Å². The first kappa shape index (κ1) is 15.4. The Kier molecular flexibility index (Phi) is 4.01. The number of hydrogen-bond acceptors (Lipinski definition) is 3. The molecule has 1 N–H and O–H groups in total. The predicted molar refractivity (Wildman–Crippen MR) is 94.2 cm³/mol. The van der Waals surface area contributed by atoms with Crippen LogP contribution in [0.2, 0.25) is 0 Å². The van der Waals surface area contributed by atoms with Crippen molar-refractivity contribution in [1.82, 2.24) is 4.98 Å². The minimum Gasteiger partial charge on any atom is -0.478 e. The Morgan fingerprint density at radius 3 is 2.22 bits per heavy atom. The molecule has 0 radical (unpaired) electrons. The van der Waals surface area contributed by atoms with Gasteiger partial charge in [-0.3, -0.25) is 0 Å². The van der Waals surface area contributed by atoms with Gasteiger partial charge in [0.2, 0.25) is 0 Å². The van der Waals surface area contributed by atoms with Gasteiger partial charge in [0.1, 0.15) is 0 Å². The summed E-state index contributed by atoms with van der Waals surface area (Å²) in [4.78, 5) is 16.7. The maximum atomic E-state index is 11.0. The molecule has 0 fully saturated rings. The highest BCUT2D eigenvalue weighted by Crippen LogP contribution is 2.36. The molecule has 3 rings (SSSR count). The van der Waals surface area contributed by atoms with Gasteiger partial charge in [0, 0.05) is 0 Å². The lowest BCUT2D eigenvalue weighted by molar-refractivity contribution is 0.0697. The van der Waals surface area contributed by atoms with Crippen molar-refractivity contribution >= 4 is 17.3 Å². The minimum absolute atomic E-state index is 0.302. The van der Waals surface area contributed by atoms with Crippen LogP contribution in [0.3, 0.4) is 0 Å². The van der Waals surface area contributed by atoms with E-state index < -0.39 is 5.97 Å². The molecular weight excluding hydrogens is 306 g/mol. The van der Waals surface area contributed by atoms with Gasteiger partial charge in [0.25, 0.3) is 0 Å². The van der Waals surface area contributed by atoms with Crippen molar-refractivity contribution in [1.29, 1.82) is 0 Å². The monoisotopic (exact) mass is 323 g/mol. The van der Waals surface area contributed by atoms with E-state index in [0.29, 0.717) is 5.56 Å². The van der Waals surface area contributed by atoms with E-state index in [1.807, 2.05) is 32.0 Å². The molecule has 116 valence electrons. The number of rotatable bonds is 3. The second-order valence-corrected chi connectivity index (χ2v) is 6.71. The van der Waals surface area contributed by atoms with Gasteiger partial charge < -0.3 is 5.11 Å². The third-order valence-electron chi connectivity index (χ3n) is 3.92. The third-order valence-corrected chi connectivity index (χ3v) is 5.03. The van der Waals surface area contributed by atoms with Crippen LogP contribution in [0.25, 0.3) is 21.6 Å². The van der Waals surface area contributed by atoms with Crippen LogP contribution in [0.1, 0.15) is 26.6 Å². The Morgan fingerprint density at radius 2 is 1.65 bits per heavy atom. The van der Waals surface area contributed by atoms with Crippen molar-refractivity contribution in [2.75, 3.05) is 0 Å². The van der Waals surface area contributed by atoms with Crippen LogP contribution < -0.4 is 0 Å². The van der Waals surface area contributed by atoms with Crippen molar-refractivity contribution in [3.63, 3.8) is 0 Å². The number of aryl methyl sites for hydroxylation is 2. The number of nitrogens with zero attached hydrogens (tertiary/aromatic N) is 1. The molecule has 1 heterocycles. The Bertz CT molecular complexity index is 879. The highest BCUT2D eigenvalue weighted by Gasteiger charge is 2.13. The molecule has 0 saturated carbocycles. The number of carboxylic acids is 1. The van der Waals surface area contributed by atoms with E-state index in [0.717, 1.165) is 21.8 Å². The maximum Gasteiger partial charge on any atom is 0.335 e. The molecule has 23 heavy (non-hydrogen) atoms. The summed E-state index contributed by atoms with van der Waals surface area (Å²) in [6.07, 6.45) is 0. The summed E-state index contributed by atoms with van der Waals surface area (Å²) in [5.74, 6) is -0.905. The molecule has 0 unspecified atom stereocenters. The molecule has 3 nitrogen and oxygen atoms in total. The summed E-state index contributed by atoms with van der Waals surface area (Å²) in [5.41, 5.74) is 5.86. The molecule has 4 heteroatoms. The topological polar surface area (TPSA) is 50.2 Å². The lowest BCUT2D eigenvalue weighted by atomic mass is 9.95. The van der Waals surface area contributed by atoms with Crippen LogP contribution in [-0.4, -0.2) is 16.1 Å². The van der Waals surface area contributed by atoms with Gasteiger partial charge in [0.05, 0.1) is 21.1 Å². The van der Waals surface area contributed by atoms with Crippen molar-refractivity contribution in [2.45, 2.75) is 20.8 Å². The van der Waals surface area contributed by atoms with E-state index in [1.165, 1.54) is 16.0 Å². The lowest BCUT2D eigenvalue weighted by Gasteiger charge is -2.11. The molecule has 0 aliphatic carbocycles. The normalized spacial score (nSPS) is 10.7. The van der Waals surface area contributed by atoms with Gasteiger partial charge >= 0.3 is 5.97 Å². The van der Waals surface area contributed by atoms with Crippen LogP contribution >= 0.6 is 11.3 Å². The third kappa shape index (κ3) is 2.90. The molecular formula is C19H17NO2S. The number of hydrogen-bond donors (Lipinski definition) is 1. The van der Waals surface area contributed by atoms with Gasteiger partial charge in [-0.2, -0.15) is 0 Å². The van der Waals surface area contributed by atoms with Crippen LogP contribution in [0.15, 0.2) is 42.5 Å². The fourth-order valence-corrected chi connectivity index (χ4v) is 3.77. The average molecular weight is 323 g/mol. The molecule has 0 atom stereocenters. The molecule has 0 saturated heterocycles. The van der Waals surface area contributed by atoms with Crippen molar-refractivity contribution in [3.05, 3.63) is 64.3 Å². The molecule has 0 spiro atoms. The largest absolute Gasteiger partial charge is 0.478 e.